The Morgan fingerprint density at radius 1 is 0.163 bits per heavy atom. The van der Waals surface area contributed by atoms with Gasteiger partial charge in [0.1, 0.15) is 29.1 Å². The molecule has 0 atom stereocenters. The van der Waals surface area contributed by atoms with Gasteiger partial charge in [-0.3, -0.25) is 0 Å². The van der Waals surface area contributed by atoms with E-state index in [4.69, 9.17) is 0 Å². The molecule has 0 spiro atoms. The van der Waals surface area contributed by atoms with Gasteiger partial charge in [0.25, 0.3) is 0 Å². The molecule has 0 nitrogen and oxygen atoms in total. The third kappa shape index (κ3) is 28.0. The second-order valence-electron chi connectivity index (χ2n) is 44.2. The fraction of sp³-hybridized carbons (Fsp3) is 0.382. The molecule has 0 aromatic heterocycles. The molecule has 5 heteroatoms. The highest BCUT2D eigenvalue weighted by Crippen LogP contribution is 2.47. The quantitative estimate of drug-likeness (QED) is 0.0529. The molecule has 0 radical (unpaired) electrons. The molecular weight excluding hydrogens is 1730 g/mol. The Bertz CT molecular complexity index is 6260. The van der Waals surface area contributed by atoms with Gasteiger partial charge in [-0.15, -0.1) is 0 Å². The van der Waals surface area contributed by atoms with Crippen LogP contribution in [0.4, 0.5) is 22.0 Å². The second kappa shape index (κ2) is 49.1. The topological polar surface area (TPSA) is 0 Å². The van der Waals surface area contributed by atoms with Crippen molar-refractivity contribution in [2.75, 3.05) is 0 Å². The Morgan fingerprint density at radius 2 is 0.319 bits per heavy atom. The highest BCUT2D eigenvalue weighted by Gasteiger charge is 2.32. The minimum atomic E-state index is -0.183. The lowest BCUT2D eigenvalue weighted by atomic mass is 9.68. The molecule has 14 aromatic rings. The van der Waals surface area contributed by atoms with Crippen LogP contribution in [-0.2, 0) is 51.4 Å². The third-order valence-corrected chi connectivity index (χ3v) is 33.6. The lowest BCUT2D eigenvalue weighted by Gasteiger charge is -2.37. The van der Waals surface area contributed by atoms with Gasteiger partial charge in [-0.05, 0) is 391 Å². The molecule has 0 aliphatic heterocycles. The lowest BCUT2D eigenvalue weighted by molar-refractivity contribution is 0.165. The molecule has 730 valence electrons. The van der Waals surface area contributed by atoms with Crippen molar-refractivity contribution in [1.29, 1.82) is 0 Å². The molecule has 0 amide bonds. The summed E-state index contributed by atoms with van der Waals surface area (Å²) in [4.78, 5) is 0. The molecule has 0 unspecified atom stereocenters. The molecule has 0 bridgehead atoms. The van der Waals surface area contributed by atoms with Gasteiger partial charge in [-0.25, -0.2) is 22.0 Å². The molecule has 6 aliphatic rings. The zero-order chi connectivity index (χ0) is 97.7. The zero-order valence-corrected chi connectivity index (χ0v) is 85.4. The number of rotatable bonds is 24. The summed E-state index contributed by atoms with van der Waals surface area (Å²) in [5.41, 5.74) is 30.8. The first-order chi connectivity index (χ1) is 68.6. The highest BCUT2D eigenvalue weighted by molar-refractivity contribution is 5.70. The van der Waals surface area contributed by atoms with Crippen LogP contribution in [0.1, 0.15) is 307 Å². The second-order valence-corrected chi connectivity index (χ2v) is 44.2. The molecular formula is C136H151F5. The predicted molar refractivity (Wildman–Crippen MR) is 585 cm³/mol. The molecule has 20 rings (SSSR count). The van der Waals surface area contributed by atoms with Crippen LogP contribution < -0.4 is 0 Å². The fourth-order valence-corrected chi connectivity index (χ4v) is 23.8. The van der Waals surface area contributed by atoms with Crippen molar-refractivity contribution in [3.8, 4) is 66.8 Å². The van der Waals surface area contributed by atoms with E-state index >= 15 is 8.78 Å². The number of hydrogen-bond acceptors (Lipinski definition) is 0. The van der Waals surface area contributed by atoms with Crippen molar-refractivity contribution in [1.82, 2.24) is 0 Å². The van der Waals surface area contributed by atoms with Crippen molar-refractivity contribution in [3.05, 3.63) is 427 Å². The van der Waals surface area contributed by atoms with E-state index in [1.807, 2.05) is 106 Å². The van der Waals surface area contributed by atoms with E-state index in [9.17, 15) is 13.2 Å². The first-order valence-corrected chi connectivity index (χ1v) is 54.3. The van der Waals surface area contributed by atoms with E-state index in [0.29, 0.717) is 34.1 Å². The normalized spacial score (nSPS) is 21.3. The van der Waals surface area contributed by atoms with E-state index in [2.05, 4.69) is 229 Å². The maximum absolute atomic E-state index is 15.0. The van der Waals surface area contributed by atoms with Crippen LogP contribution in [0.3, 0.4) is 0 Å². The largest absolute Gasteiger partial charge is 0.206 e. The van der Waals surface area contributed by atoms with Crippen molar-refractivity contribution in [2.24, 2.45) is 41.4 Å². The first-order valence-electron chi connectivity index (χ1n) is 54.3. The Kier molecular flexibility index (Phi) is 35.3. The van der Waals surface area contributed by atoms with Crippen LogP contribution in [-0.4, -0.2) is 0 Å². The van der Waals surface area contributed by atoms with E-state index in [1.165, 1.54) is 226 Å². The molecule has 0 N–H and O–H groups in total. The summed E-state index contributed by atoms with van der Waals surface area (Å²) in [5.74, 6) is 8.98. The minimum Gasteiger partial charge on any atom is -0.206 e. The minimum absolute atomic E-state index is 0.0821. The monoisotopic (exact) mass is 1880 g/mol. The fourth-order valence-electron chi connectivity index (χ4n) is 23.8. The van der Waals surface area contributed by atoms with E-state index in [-0.39, 0.29) is 29.1 Å². The Hall–Kier alpha value is -11.3. The van der Waals surface area contributed by atoms with Gasteiger partial charge >= 0.3 is 0 Å². The molecule has 6 fully saturated rings. The summed E-state index contributed by atoms with van der Waals surface area (Å²) in [6, 6.07) is 107. The Morgan fingerprint density at radius 3 is 0.539 bits per heavy atom. The van der Waals surface area contributed by atoms with Crippen LogP contribution >= 0.6 is 0 Å². The number of halogens is 5. The molecule has 14 aromatic carbocycles. The summed E-state index contributed by atoms with van der Waals surface area (Å²) in [5, 5.41) is 0. The van der Waals surface area contributed by atoms with Gasteiger partial charge in [-0.1, -0.05) is 378 Å². The van der Waals surface area contributed by atoms with Gasteiger partial charge in [-0.2, -0.15) is 0 Å². The van der Waals surface area contributed by atoms with Gasteiger partial charge in [0.05, 0.1) is 0 Å². The van der Waals surface area contributed by atoms with Gasteiger partial charge in [0.2, 0.25) is 0 Å². The summed E-state index contributed by atoms with van der Waals surface area (Å²) >= 11 is 0. The number of hydrogen-bond donors (Lipinski definition) is 0. The van der Waals surface area contributed by atoms with Gasteiger partial charge in [0.15, 0.2) is 0 Å². The summed E-state index contributed by atoms with van der Waals surface area (Å²) in [6.45, 7) is 17.6. The van der Waals surface area contributed by atoms with E-state index in [0.717, 1.165) is 166 Å². The van der Waals surface area contributed by atoms with Crippen LogP contribution in [0, 0.1) is 91.3 Å². The van der Waals surface area contributed by atoms with Crippen LogP contribution in [0.5, 0.6) is 0 Å². The Balaban J connectivity index is 0.000000130. The van der Waals surface area contributed by atoms with Crippen molar-refractivity contribution in [3.63, 3.8) is 0 Å². The van der Waals surface area contributed by atoms with E-state index < -0.39 is 0 Å². The lowest BCUT2D eigenvalue weighted by Crippen LogP contribution is -2.24. The average molecular weight is 1880 g/mol. The van der Waals surface area contributed by atoms with Gasteiger partial charge in [0, 0.05) is 27.8 Å². The number of benzene rings is 14. The highest BCUT2D eigenvalue weighted by atomic mass is 19.1. The summed E-state index contributed by atoms with van der Waals surface area (Å²) < 4.78 is 72.9. The molecule has 6 saturated carbocycles. The Labute approximate surface area is 842 Å². The maximum Gasteiger partial charge on any atom is 0.131 e. The molecule has 0 saturated heterocycles. The maximum atomic E-state index is 15.0. The standard InChI is InChI=1S/C34H34F2.2C34H41F.C34H35F/c1-23-3-12-27(13-4-23)30-18-20-32(34(36)22-30)29-16-10-26(11-17-29)7-6-25-8-14-28(15-9-25)31-19-5-24(2)21-33(31)35;1-24-3-13-28(14-4-24)29-17-9-26(10-18-29)7-8-27-11-19-31(20-12-27)33-22-21-32(23-34(33)35)30-15-5-25(2)6-16-30;2*1-24-3-12-28(13-4-24)30-18-20-31(21-19-30)29-14-8-26(9-15-29)6-7-27-10-16-32(17-11-27)33-22-5-25(2)23-34(33)35/h5,8-11,14-23,27H,3-4,6-7,12-13H2,1-2H3;9-12,17-25,28,30H,3-8,13-16H2,1-2H3;5,8-11,14-17,22-24,28,30-31H,3-4,6-7,12-13,18-21H2,1-2H3;5,8-11,14-24,28H,3-4,6-7,12-13H2,1-2H3. The number of aryl methyl sites for hydroxylation is 11. The van der Waals surface area contributed by atoms with Crippen molar-refractivity contribution in [2.45, 2.75) is 290 Å². The smallest absolute Gasteiger partial charge is 0.131 e. The average Bonchev–Trinajstić information content (AvgIpc) is 0.823. The third-order valence-electron chi connectivity index (χ3n) is 33.6. The van der Waals surface area contributed by atoms with Crippen molar-refractivity contribution >= 4 is 0 Å². The molecule has 141 heavy (non-hydrogen) atoms. The molecule has 6 aliphatic carbocycles. The first kappa shape index (κ1) is 101. The van der Waals surface area contributed by atoms with Crippen molar-refractivity contribution < 1.29 is 22.0 Å². The summed E-state index contributed by atoms with van der Waals surface area (Å²) in [6.07, 6.45) is 40.0. The summed E-state index contributed by atoms with van der Waals surface area (Å²) in [7, 11) is 0. The zero-order valence-electron chi connectivity index (χ0n) is 85.4. The van der Waals surface area contributed by atoms with Crippen LogP contribution in [0.15, 0.2) is 309 Å². The molecule has 0 heterocycles. The van der Waals surface area contributed by atoms with Crippen LogP contribution in [0.25, 0.3) is 66.8 Å². The van der Waals surface area contributed by atoms with Crippen LogP contribution in [0.2, 0.25) is 0 Å². The van der Waals surface area contributed by atoms with Gasteiger partial charge < -0.3 is 0 Å². The predicted octanol–water partition coefficient (Wildman–Crippen LogP) is 38.8. The van der Waals surface area contributed by atoms with E-state index in [1.54, 1.807) is 35.9 Å². The SMILES string of the molecule is CC1CCC(c2ccc(CCc3ccc(-c4ccc(C5CCC(C)CC5)cc4F)cc3)cc2)CC1.Cc1ccc(-c2ccc(CCc3ccc(-c4ccc(C5CCC(C)CC5)cc4)cc3)cc2)c(F)c1.Cc1ccc(-c2ccc(CCc3ccc(-c4ccc(C5CCC(C)CC5)cc4F)cc3)cc2)c(F)c1.Cc1ccc(-c2ccc(CCc3ccc(C4CCC(C5CCC(C)CC5)CC4)cc3)cc2)c(F)c1.